The smallest absolute Gasteiger partial charge is 0.308 e. The summed E-state index contributed by atoms with van der Waals surface area (Å²) in [5, 5.41) is 0. The molecule has 4 nitrogen and oxygen atoms in total. The number of ether oxygens (including phenoxy) is 2. The zero-order valence-corrected chi connectivity index (χ0v) is 10.4. The minimum absolute atomic E-state index is 0.355. The van der Waals surface area contributed by atoms with E-state index in [4.69, 9.17) is 9.47 Å². The summed E-state index contributed by atoms with van der Waals surface area (Å²) in [5.41, 5.74) is 1.72. The Morgan fingerprint density at radius 3 is 2.33 bits per heavy atom. The highest BCUT2D eigenvalue weighted by molar-refractivity contribution is 5.76. The first-order valence-corrected chi connectivity index (χ1v) is 5.77. The van der Waals surface area contributed by atoms with Gasteiger partial charge < -0.3 is 9.47 Å². The minimum Gasteiger partial charge on any atom is -0.426 e. The summed E-state index contributed by atoms with van der Waals surface area (Å²) in [7, 11) is 0. The van der Waals surface area contributed by atoms with Crippen molar-refractivity contribution in [1.82, 2.24) is 0 Å². The molecule has 0 amide bonds. The highest BCUT2D eigenvalue weighted by atomic mass is 16.5. The summed E-state index contributed by atoms with van der Waals surface area (Å²) in [6, 6.07) is 3.31. The molecule has 1 aliphatic rings. The first-order valence-electron chi connectivity index (χ1n) is 5.77. The van der Waals surface area contributed by atoms with E-state index in [0.29, 0.717) is 11.5 Å². The minimum atomic E-state index is -0.364. The molecular formula is C14H14O4. The van der Waals surface area contributed by atoms with Crippen LogP contribution in [-0.4, -0.2) is 11.9 Å². The van der Waals surface area contributed by atoms with Crippen LogP contribution in [0.25, 0.3) is 6.08 Å². The van der Waals surface area contributed by atoms with Gasteiger partial charge in [-0.3, -0.25) is 9.59 Å². The Balaban J connectivity index is 2.46. The molecule has 0 unspecified atom stereocenters. The zero-order valence-electron chi connectivity index (χ0n) is 10.4. The second-order valence-electron chi connectivity index (χ2n) is 4.08. The van der Waals surface area contributed by atoms with Crippen LogP contribution in [0.4, 0.5) is 0 Å². The lowest BCUT2D eigenvalue weighted by Gasteiger charge is -2.17. The molecule has 1 aromatic rings. The highest BCUT2D eigenvalue weighted by Gasteiger charge is 2.17. The number of rotatable bonds is 2. The molecule has 18 heavy (non-hydrogen) atoms. The van der Waals surface area contributed by atoms with Crippen LogP contribution in [0.5, 0.6) is 11.5 Å². The molecule has 4 heteroatoms. The number of benzene rings is 1. The van der Waals surface area contributed by atoms with Gasteiger partial charge in [0.25, 0.3) is 0 Å². The molecule has 0 aromatic heterocycles. The van der Waals surface area contributed by atoms with Crippen molar-refractivity contribution in [3.05, 3.63) is 29.3 Å². The van der Waals surface area contributed by atoms with Gasteiger partial charge in [0.15, 0.2) is 0 Å². The fraction of sp³-hybridized carbons (Fsp3) is 0.286. The van der Waals surface area contributed by atoms with E-state index in [1.54, 1.807) is 12.1 Å². The van der Waals surface area contributed by atoms with Crippen molar-refractivity contribution in [3.63, 3.8) is 0 Å². The summed E-state index contributed by atoms with van der Waals surface area (Å²) >= 11 is 0. The molecule has 1 aliphatic carbocycles. The van der Waals surface area contributed by atoms with Crippen molar-refractivity contribution in [2.75, 3.05) is 0 Å². The third-order valence-electron chi connectivity index (χ3n) is 2.63. The number of carbonyl (C=O) groups is 2. The predicted molar refractivity (Wildman–Crippen MR) is 66.4 cm³/mol. The number of hydrogen-bond donors (Lipinski definition) is 0. The molecule has 0 saturated heterocycles. The van der Waals surface area contributed by atoms with Gasteiger partial charge in [-0.05, 0) is 25.0 Å². The van der Waals surface area contributed by atoms with Crippen LogP contribution in [0, 0.1) is 0 Å². The number of carbonyl (C=O) groups excluding carboxylic acids is 2. The average Bonchev–Trinajstić information content (AvgIpc) is 2.31. The monoisotopic (exact) mass is 246 g/mol. The van der Waals surface area contributed by atoms with Crippen molar-refractivity contribution in [2.24, 2.45) is 0 Å². The molecule has 0 N–H and O–H groups in total. The van der Waals surface area contributed by atoms with Gasteiger partial charge >= 0.3 is 11.9 Å². The summed E-state index contributed by atoms with van der Waals surface area (Å²) in [5.74, 6) is 0.325. The summed E-state index contributed by atoms with van der Waals surface area (Å²) in [6.45, 7) is 2.73. The topological polar surface area (TPSA) is 52.6 Å². The van der Waals surface area contributed by atoms with E-state index in [2.05, 4.69) is 0 Å². The quantitative estimate of drug-likeness (QED) is 0.594. The van der Waals surface area contributed by atoms with Gasteiger partial charge in [0.2, 0.25) is 0 Å². The summed E-state index contributed by atoms with van der Waals surface area (Å²) in [4.78, 5) is 22.1. The van der Waals surface area contributed by atoms with E-state index in [1.807, 2.05) is 12.2 Å². The molecule has 0 aliphatic heterocycles. The zero-order chi connectivity index (χ0) is 13.1. The second-order valence-corrected chi connectivity index (χ2v) is 4.08. The first-order chi connectivity index (χ1) is 8.58. The van der Waals surface area contributed by atoms with Gasteiger partial charge in [-0.25, -0.2) is 0 Å². The second kappa shape index (κ2) is 5.04. The fourth-order valence-corrected chi connectivity index (χ4v) is 1.99. The number of allylic oxidation sites excluding steroid dienone is 1. The molecule has 1 aromatic carbocycles. The Morgan fingerprint density at radius 1 is 1.06 bits per heavy atom. The third-order valence-corrected chi connectivity index (χ3v) is 2.63. The lowest BCUT2D eigenvalue weighted by molar-refractivity contribution is -0.133. The average molecular weight is 246 g/mol. The van der Waals surface area contributed by atoms with E-state index in [-0.39, 0.29) is 11.9 Å². The van der Waals surface area contributed by atoms with Gasteiger partial charge in [-0.15, -0.1) is 0 Å². The van der Waals surface area contributed by atoms with E-state index in [9.17, 15) is 9.59 Å². The molecular weight excluding hydrogens is 232 g/mol. The van der Waals surface area contributed by atoms with E-state index in [1.165, 1.54) is 13.8 Å². The maximum atomic E-state index is 11.0. The van der Waals surface area contributed by atoms with E-state index < -0.39 is 0 Å². The van der Waals surface area contributed by atoms with Crippen LogP contribution in [0.2, 0.25) is 0 Å². The first kappa shape index (κ1) is 12.4. The molecule has 0 bridgehead atoms. The van der Waals surface area contributed by atoms with Gasteiger partial charge in [0.05, 0.1) is 0 Å². The lowest BCUT2D eigenvalue weighted by Crippen LogP contribution is -2.09. The van der Waals surface area contributed by atoms with Crippen LogP contribution in [-0.2, 0) is 16.0 Å². The Kier molecular flexibility index (Phi) is 3.46. The van der Waals surface area contributed by atoms with Crippen LogP contribution in [0.15, 0.2) is 18.2 Å². The van der Waals surface area contributed by atoms with E-state index in [0.717, 1.165) is 24.0 Å². The number of hydrogen-bond acceptors (Lipinski definition) is 4. The SMILES string of the molecule is CC(=O)Oc1ccc(OC(C)=O)c2c1C=CCC2. The van der Waals surface area contributed by atoms with Gasteiger partial charge in [-0.1, -0.05) is 12.2 Å². The predicted octanol–water partition coefficient (Wildman–Crippen LogP) is 2.50. The van der Waals surface area contributed by atoms with Crippen molar-refractivity contribution < 1.29 is 19.1 Å². The van der Waals surface area contributed by atoms with Crippen LogP contribution in [0.3, 0.4) is 0 Å². The molecule has 0 saturated carbocycles. The van der Waals surface area contributed by atoms with Crippen molar-refractivity contribution in [3.8, 4) is 11.5 Å². The maximum Gasteiger partial charge on any atom is 0.308 e. The highest BCUT2D eigenvalue weighted by Crippen LogP contribution is 2.35. The molecule has 2 rings (SSSR count). The molecule has 0 spiro atoms. The number of fused-ring (bicyclic) bond motifs is 1. The molecule has 0 heterocycles. The Hall–Kier alpha value is -2.10. The Labute approximate surface area is 105 Å². The van der Waals surface area contributed by atoms with Gasteiger partial charge in [0.1, 0.15) is 11.5 Å². The largest absolute Gasteiger partial charge is 0.426 e. The normalized spacial score (nSPS) is 12.8. The van der Waals surface area contributed by atoms with Gasteiger partial charge in [-0.2, -0.15) is 0 Å². The Bertz CT molecular complexity index is 529. The standard InChI is InChI=1S/C14H14O4/c1-9(15)17-13-7-8-14(18-10(2)16)12-6-4-3-5-11(12)13/h3,5,7-8H,4,6H2,1-2H3. The van der Waals surface area contributed by atoms with Crippen molar-refractivity contribution in [2.45, 2.75) is 26.7 Å². The fourth-order valence-electron chi connectivity index (χ4n) is 1.99. The maximum absolute atomic E-state index is 11.0. The lowest BCUT2D eigenvalue weighted by atomic mass is 9.95. The van der Waals surface area contributed by atoms with Crippen LogP contribution < -0.4 is 9.47 Å². The van der Waals surface area contributed by atoms with Gasteiger partial charge in [0, 0.05) is 25.0 Å². The van der Waals surface area contributed by atoms with Crippen molar-refractivity contribution in [1.29, 1.82) is 0 Å². The molecule has 0 fully saturated rings. The molecule has 0 atom stereocenters. The third kappa shape index (κ3) is 2.59. The van der Waals surface area contributed by atoms with Crippen LogP contribution in [0.1, 0.15) is 31.4 Å². The van der Waals surface area contributed by atoms with Crippen molar-refractivity contribution >= 4 is 18.0 Å². The molecule has 0 radical (unpaired) electrons. The summed E-state index contributed by atoms with van der Waals surface area (Å²) in [6.07, 6.45) is 5.55. The van der Waals surface area contributed by atoms with E-state index >= 15 is 0 Å². The van der Waals surface area contributed by atoms with Crippen LogP contribution >= 0.6 is 0 Å². The Morgan fingerprint density at radius 2 is 1.67 bits per heavy atom. The number of esters is 2. The summed E-state index contributed by atoms with van der Waals surface area (Å²) < 4.78 is 10.3. The molecule has 94 valence electrons.